The number of para-hydroxylation sites is 1. The van der Waals surface area contributed by atoms with Gasteiger partial charge in [-0.05, 0) is 79.3 Å². The molecule has 0 fully saturated rings. The summed E-state index contributed by atoms with van der Waals surface area (Å²) in [5.74, 6) is 0.743. The molecule has 0 aliphatic carbocycles. The number of benzene rings is 3. The number of anilines is 2. The van der Waals surface area contributed by atoms with Crippen molar-refractivity contribution in [3.05, 3.63) is 90.0 Å². The Hall–Kier alpha value is -4.17. The van der Waals surface area contributed by atoms with Gasteiger partial charge >= 0.3 is 0 Å². The van der Waals surface area contributed by atoms with Crippen LogP contribution in [0.25, 0.3) is 6.08 Å². The lowest BCUT2D eigenvalue weighted by molar-refractivity contribution is -0.115. The van der Waals surface area contributed by atoms with Gasteiger partial charge in [-0.25, -0.2) is 0 Å². The van der Waals surface area contributed by atoms with E-state index in [-0.39, 0.29) is 11.0 Å². The molecule has 0 unspecified atom stereocenters. The van der Waals surface area contributed by atoms with Crippen LogP contribution in [-0.4, -0.2) is 30.6 Å². The van der Waals surface area contributed by atoms with Crippen LogP contribution in [0.4, 0.5) is 11.4 Å². The van der Waals surface area contributed by atoms with E-state index < -0.39 is 5.91 Å². The van der Waals surface area contributed by atoms with Gasteiger partial charge in [-0.3, -0.25) is 14.9 Å². The second kappa shape index (κ2) is 12.2. The van der Waals surface area contributed by atoms with Crippen molar-refractivity contribution >= 4 is 46.6 Å². The Bertz CT molecular complexity index is 1180. The van der Waals surface area contributed by atoms with E-state index in [0.29, 0.717) is 23.5 Å². The molecule has 0 spiro atoms. The SMILES string of the molecule is CCOc1ccc(NC(=O)c2ccccc2NC(=S)NC(=O)C=Cc2ccc(OC)cc2)cc1. The molecule has 2 amide bonds. The van der Waals surface area contributed by atoms with Gasteiger partial charge in [0.25, 0.3) is 5.91 Å². The zero-order valence-corrected chi connectivity index (χ0v) is 19.6. The molecule has 34 heavy (non-hydrogen) atoms. The van der Waals surface area contributed by atoms with Crippen molar-refractivity contribution < 1.29 is 19.1 Å². The molecule has 3 N–H and O–H groups in total. The summed E-state index contributed by atoms with van der Waals surface area (Å²) in [6, 6.07) is 21.3. The number of methoxy groups -OCH3 is 1. The fraction of sp³-hybridized carbons (Fsp3) is 0.115. The van der Waals surface area contributed by atoms with Gasteiger partial charge in [0, 0.05) is 11.8 Å². The van der Waals surface area contributed by atoms with Crippen LogP contribution in [-0.2, 0) is 4.79 Å². The van der Waals surface area contributed by atoms with Gasteiger partial charge in [0.15, 0.2) is 5.11 Å². The lowest BCUT2D eigenvalue weighted by Gasteiger charge is -2.13. The van der Waals surface area contributed by atoms with E-state index >= 15 is 0 Å². The largest absolute Gasteiger partial charge is 0.497 e. The average molecular weight is 476 g/mol. The summed E-state index contributed by atoms with van der Waals surface area (Å²) < 4.78 is 10.5. The average Bonchev–Trinajstić information content (AvgIpc) is 2.84. The standard InChI is InChI=1S/C26H25N3O4S/c1-3-33-21-15-11-19(12-16-21)27-25(31)22-6-4-5-7-23(22)28-26(34)29-24(30)17-10-18-8-13-20(32-2)14-9-18/h4-17H,3H2,1-2H3,(H,27,31)(H2,28,29,30,34). The predicted octanol–water partition coefficient (Wildman–Crippen LogP) is 4.87. The van der Waals surface area contributed by atoms with Gasteiger partial charge in [-0.15, -0.1) is 0 Å². The maximum absolute atomic E-state index is 12.8. The Morgan fingerprint density at radius 1 is 0.912 bits per heavy atom. The van der Waals surface area contributed by atoms with E-state index in [1.807, 2.05) is 19.1 Å². The van der Waals surface area contributed by atoms with Gasteiger partial charge in [0.1, 0.15) is 11.5 Å². The highest BCUT2D eigenvalue weighted by atomic mass is 32.1. The molecule has 0 saturated carbocycles. The molecule has 0 aromatic heterocycles. The van der Waals surface area contributed by atoms with E-state index in [2.05, 4.69) is 16.0 Å². The Morgan fingerprint density at radius 2 is 1.59 bits per heavy atom. The number of nitrogens with one attached hydrogen (secondary N) is 3. The summed E-state index contributed by atoms with van der Waals surface area (Å²) in [5.41, 5.74) is 2.31. The molecule has 7 nitrogen and oxygen atoms in total. The maximum Gasteiger partial charge on any atom is 0.257 e. The van der Waals surface area contributed by atoms with Gasteiger partial charge in [0.2, 0.25) is 5.91 Å². The molecular weight excluding hydrogens is 450 g/mol. The third-order valence-corrected chi connectivity index (χ3v) is 4.83. The van der Waals surface area contributed by atoms with Crippen LogP contribution >= 0.6 is 12.2 Å². The van der Waals surface area contributed by atoms with E-state index in [1.165, 1.54) is 6.08 Å². The first kappa shape index (κ1) is 24.5. The van der Waals surface area contributed by atoms with Gasteiger partial charge < -0.3 is 20.1 Å². The van der Waals surface area contributed by atoms with E-state index in [4.69, 9.17) is 21.7 Å². The molecule has 0 aliphatic rings. The zero-order chi connectivity index (χ0) is 24.3. The molecule has 0 radical (unpaired) electrons. The fourth-order valence-corrected chi connectivity index (χ4v) is 3.19. The van der Waals surface area contributed by atoms with Crippen LogP contribution < -0.4 is 25.4 Å². The van der Waals surface area contributed by atoms with Gasteiger partial charge in [-0.2, -0.15) is 0 Å². The number of thiocarbonyl (C=S) groups is 1. The first-order chi connectivity index (χ1) is 16.5. The van der Waals surface area contributed by atoms with Crippen molar-refractivity contribution in [2.24, 2.45) is 0 Å². The van der Waals surface area contributed by atoms with Crippen molar-refractivity contribution in [3.8, 4) is 11.5 Å². The molecule has 3 rings (SSSR count). The minimum absolute atomic E-state index is 0.0747. The number of amides is 2. The summed E-state index contributed by atoms with van der Waals surface area (Å²) in [6.45, 7) is 2.47. The number of carbonyl (C=O) groups excluding carboxylic acids is 2. The smallest absolute Gasteiger partial charge is 0.257 e. The molecule has 0 bridgehead atoms. The third kappa shape index (κ3) is 7.18. The second-order valence-corrected chi connectivity index (χ2v) is 7.42. The molecule has 0 saturated heterocycles. The minimum Gasteiger partial charge on any atom is -0.497 e. The third-order valence-electron chi connectivity index (χ3n) is 4.62. The number of hydrogen-bond acceptors (Lipinski definition) is 5. The number of ether oxygens (including phenoxy) is 2. The Balaban J connectivity index is 1.59. The van der Waals surface area contributed by atoms with Crippen LogP contribution in [0.3, 0.4) is 0 Å². The lowest BCUT2D eigenvalue weighted by atomic mass is 10.1. The van der Waals surface area contributed by atoms with Gasteiger partial charge in [0.05, 0.1) is 25.0 Å². The summed E-state index contributed by atoms with van der Waals surface area (Å²) in [7, 11) is 1.59. The highest BCUT2D eigenvalue weighted by Crippen LogP contribution is 2.20. The van der Waals surface area contributed by atoms with Crippen LogP contribution in [0.15, 0.2) is 78.9 Å². The monoisotopic (exact) mass is 475 g/mol. The van der Waals surface area contributed by atoms with Gasteiger partial charge in [-0.1, -0.05) is 24.3 Å². The van der Waals surface area contributed by atoms with Crippen LogP contribution in [0.2, 0.25) is 0 Å². The van der Waals surface area contributed by atoms with E-state index in [0.717, 1.165) is 17.1 Å². The summed E-state index contributed by atoms with van der Waals surface area (Å²) in [5, 5.41) is 8.41. The van der Waals surface area contributed by atoms with Crippen LogP contribution in [0.1, 0.15) is 22.8 Å². The number of carbonyl (C=O) groups is 2. The van der Waals surface area contributed by atoms with Crippen molar-refractivity contribution in [3.63, 3.8) is 0 Å². The summed E-state index contributed by atoms with van der Waals surface area (Å²) >= 11 is 5.25. The van der Waals surface area contributed by atoms with E-state index in [9.17, 15) is 9.59 Å². The highest BCUT2D eigenvalue weighted by Gasteiger charge is 2.13. The lowest BCUT2D eigenvalue weighted by Crippen LogP contribution is -2.33. The number of rotatable bonds is 8. The minimum atomic E-state index is -0.398. The quantitative estimate of drug-likeness (QED) is 0.318. The van der Waals surface area contributed by atoms with Crippen LogP contribution in [0.5, 0.6) is 11.5 Å². The molecule has 0 heterocycles. The zero-order valence-electron chi connectivity index (χ0n) is 18.8. The Labute approximate surface area is 203 Å². The molecule has 0 aliphatic heterocycles. The molecule has 0 atom stereocenters. The van der Waals surface area contributed by atoms with Crippen LogP contribution in [0, 0.1) is 0 Å². The van der Waals surface area contributed by atoms with Crippen molar-refractivity contribution in [1.29, 1.82) is 0 Å². The predicted molar refractivity (Wildman–Crippen MR) is 138 cm³/mol. The summed E-state index contributed by atoms with van der Waals surface area (Å²) in [4.78, 5) is 25.1. The maximum atomic E-state index is 12.8. The molecule has 3 aromatic carbocycles. The number of hydrogen-bond donors (Lipinski definition) is 3. The van der Waals surface area contributed by atoms with Crippen molar-refractivity contribution in [1.82, 2.24) is 5.32 Å². The highest BCUT2D eigenvalue weighted by molar-refractivity contribution is 7.80. The first-order valence-corrected chi connectivity index (χ1v) is 11.0. The first-order valence-electron chi connectivity index (χ1n) is 10.6. The normalized spacial score (nSPS) is 10.4. The van der Waals surface area contributed by atoms with Crippen molar-refractivity contribution in [2.45, 2.75) is 6.92 Å². The molecule has 8 heteroatoms. The molecule has 3 aromatic rings. The summed E-state index contributed by atoms with van der Waals surface area (Å²) in [6.07, 6.45) is 3.04. The van der Waals surface area contributed by atoms with Crippen molar-refractivity contribution in [2.75, 3.05) is 24.4 Å². The van der Waals surface area contributed by atoms with E-state index in [1.54, 1.807) is 73.8 Å². The Kier molecular flexibility index (Phi) is 8.76. The fourth-order valence-electron chi connectivity index (χ4n) is 2.98. The second-order valence-electron chi connectivity index (χ2n) is 7.01. The molecular formula is C26H25N3O4S. The Morgan fingerprint density at radius 3 is 2.26 bits per heavy atom. The molecule has 174 valence electrons. The topological polar surface area (TPSA) is 88.7 Å².